The fourth-order valence-electron chi connectivity index (χ4n) is 2.64. The number of hydrogen-bond donors (Lipinski definition) is 2. The number of carbonyl (C=O) groups is 2. The molecular weight excluding hydrogens is 336 g/mol. The van der Waals surface area contributed by atoms with Crippen LogP contribution in [0.4, 0.5) is 0 Å². The zero-order valence-corrected chi connectivity index (χ0v) is 15.8. The number of amides is 2. The summed E-state index contributed by atoms with van der Waals surface area (Å²) in [6.07, 6.45) is 3.35. The standard InChI is InChI=1S/C19H24N2O3S/c1-11(2)14-7-13(8-15(12(3)4)18(14)23)9-16-19(24)21(5-6-25-16)10-17(20)22/h5-9,11-12,23H,10H2,1-4H3,(H2,20,22)/b16-9-. The van der Waals surface area contributed by atoms with Crippen molar-refractivity contribution in [2.75, 3.05) is 6.54 Å². The van der Waals surface area contributed by atoms with Gasteiger partial charge in [-0.15, -0.1) is 0 Å². The molecular formula is C19H24N2O3S. The van der Waals surface area contributed by atoms with E-state index in [1.165, 1.54) is 16.7 Å². The third kappa shape index (κ3) is 4.45. The number of rotatable bonds is 5. The Morgan fingerprint density at radius 3 is 2.28 bits per heavy atom. The van der Waals surface area contributed by atoms with E-state index in [9.17, 15) is 14.7 Å². The Balaban J connectivity index is 2.45. The normalized spacial score (nSPS) is 16.3. The maximum absolute atomic E-state index is 12.5. The van der Waals surface area contributed by atoms with Crippen LogP contribution in [0.25, 0.3) is 6.08 Å². The minimum atomic E-state index is -0.557. The van der Waals surface area contributed by atoms with Gasteiger partial charge in [0.15, 0.2) is 0 Å². The first-order valence-electron chi connectivity index (χ1n) is 8.21. The van der Waals surface area contributed by atoms with E-state index in [-0.39, 0.29) is 24.3 Å². The minimum Gasteiger partial charge on any atom is -0.507 e. The molecule has 0 spiro atoms. The van der Waals surface area contributed by atoms with Crippen LogP contribution in [0.3, 0.4) is 0 Å². The molecule has 0 saturated carbocycles. The number of phenols is 1. The highest BCUT2D eigenvalue weighted by atomic mass is 32.2. The SMILES string of the molecule is CC(C)c1cc(/C=C2\SC=CN(CC(N)=O)C2=O)cc(C(C)C)c1O. The Labute approximate surface area is 152 Å². The molecule has 0 radical (unpaired) electrons. The number of thioether (sulfide) groups is 1. The van der Waals surface area contributed by atoms with E-state index in [2.05, 4.69) is 0 Å². The summed E-state index contributed by atoms with van der Waals surface area (Å²) in [4.78, 5) is 25.4. The van der Waals surface area contributed by atoms with Gasteiger partial charge in [0.25, 0.3) is 5.91 Å². The number of hydrogen-bond acceptors (Lipinski definition) is 4. The fraction of sp³-hybridized carbons (Fsp3) is 0.368. The van der Waals surface area contributed by atoms with Crippen LogP contribution in [0.1, 0.15) is 56.2 Å². The zero-order chi connectivity index (χ0) is 18.7. The van der Waals surface area contributed by atoms with Crippen molar-refractivity contribution in [3.05, 3.63) is 45.3 Å². The summed E-state index contributed by atoms with van der Waals surface area (Å²) in [5, 5.41) is 12.2. The minimum absolute atomic E-state index is 0.142. The largest absolute Gasteiger partial charge is 0.507 e. The molecule has 1 aliphatic heterocycles. The van der Waals surface area contributed by atoms with E-state index in [4.69, 9.17) is 5.73 Å². The molecule has 1 heterocycles. The Morgan fingerprint density at radius 2 is 1.80 bits per heavy atom. The Bertz CT molecular complexity index is 722. The van der Waals surface area contributed by atoms with Gasteiger partial charge in [-0.3, -0.25) is 9.59 Å². The summed E-state index contributed by atoms with van der Waals surface area (Å²) in [5.74, 6) is -0.159. The lowest BCUT2D eigenvalue weighted by atomic mass is 9.91. The van der Waals surface area contributed by atoms with Crippen LogP contribution in [0.15, 0.2) is 28.6 Å². The van der Waals surface area contributed by atoms with Crippen molar-refractivity contribution in [3.63, 3.8) is 0 Å². The number of benzene rings is 1. The van der Waals surface area contributed by atoms with E-state index in [1.807, 2.05) is 39.8 Å². The molecule has 2 amide bonds. The van der Waals surface area contributed by atoms with Crippen molar-refractivity contribution in [1.29, 1.82) is 0 Å². The van der Waals surface area contributed by atoms with Gasteiger partial charge in [-0.1, -0.05) is 39.5 Å². The van der Waals surface area contributed by atoms with E-state index in [0.29, 0.717) is 10.7 Å². The quantitative estimate of drug-likeness (QED) is 0.787. The monoisotopic (exact) mass is 360 g/mol. The predicted molar refractivity (Wildman–Crippen MR) is 102 cm³/mol. The van der Waals surface area contributed by atoms with E-state index >= 15 is 0 Å². The lowest BCUT2D eigenvalue weighted by Crippen LogP contribution is -2.36. The van der Waals surface area contributed by atoms with Crippen molar-refractivity contribution in [2.24, 2.45) is 5.73 Å². The lowest BCUT2D eigenvalue weighted by Gasteiger charge is -2.22. The van der Waals surface area contributed by atoms with Crippen molar-refractivity contribution >= 4 is 29.7 Å². The molecule has 2 rings (SSSR count). The molecule has 6 heteroatoms. The van der Waals surface area contributed by atoms with Crippen molar-refractivity contribution in [2.45, 2.75) is 39.5 Å². The summed E-state index contributed by atoms with van der Waals surface area (Å²) in [5.41, 5.74) is 7.76. The molecule has 5 nitrogen and oxygen atoms in total. The summed E-state index contributed by atoms with van der Waals surface area (Å²) in [6.45, 7) is 7.95. The van der Waals surface area contributed by atoms with Gasteiger partial charge in [-0.25, -0.2) is 0 Å². The molecule has 0 aromatic heterocycles. The molecule has 0 unspecified atom stereocenters. The van der Waals surface area contributed by atoms with Gasteiger partial charge >= 0.3 is 0 Å². The Morgan fingerprint density at radius 1 is 1.24 bits per heavy atom. The molecule has 0 atom stereocenters. The van der Waals surface area contributed by atoms with Crippen molar-refractivity contribution < 1.29 is 14.7 Å². The molecule has 1 aliphatic rings. The van der Waals surface area contributed by atoms with Gasteiger partial charge in [-0.05, 0) is 52.1 Å². The summed E-state index contributed by atoms with van der Waals surface area (Å²) in [7, 11) is 0. The molecule has 3 N–H and O–H groups in total. The maximum Gasteiger partial charge on any atom is 0.265 e. The van der Waals surface area contributed by atoms with Crippen LogP contribution in [0, 0.1) is 0 Å². The lowest BCUT2D eigenvalue weighted by molar-refractivity contribution is -0.129. The molecule has 0 fully saturated rings. The van der Waals surface area contributed by atoms with Crippen LogP contribution < -0.4 is 5.73 Å². The second-order valence-corrected chi connectivity index (χ2v) is 7.62. The first kappa shape index (κ1) is 19.1. The average Bonchev–Trinajstić information content (AvgIpc) is 2.51. The molecule has 0 aliphatic carbocycles. The molecule has 134 valence electrons. The van der Waals surface area contributed by atoms with Gasteiger partial charge in [0.05, 0.1) is 4.91 Å². The second-order valence-electron chi connectivity index (χ2n) is 6.67. The van der Waals surface area contributed by atoms with Crippen LogP contribution in [0.5, 0.6) is 5.75 Å². The number of primary amides is 1. The average molecular weight is 360 g/mol. The van der Waals surface area contributed by atoms with Gasteiger partial charge in [0.1, 0.15) is 12.3 Å². The third-order valence-corrected chi connectivity index (χ3v) is 4.77. The van der Waals surface area contributed by atoms with Crippen LogP contribution >= 0.6 is 11.8 Å². The van der Waals surface area contributed by atoms with Crippen molar-refractivity contribution in [3.8, 4) is 5.75 Å². The van der Waals surface area contributed by atoms with Crippen molar-refractivity contribution in [1.82, 2.24) is 4.90 Å². The highest BCUT2D eigenvalue weighted by molar-refractivity contribution is 8.06. The molecule has 0 saturated heterocycles. The first-order valence-corrected chi connectivity index (χ1v) is 9.09. The summed E-state index contributed by atoms with van der Waals surface area (Å²) < 4.78 is 0. The van der Waals surface area contributed by atoms with Gasteiger partial charge < -0.3 is 15.7 Å². The number of phenolic OH excluding ortho intramolecular Hbond substituents is 1. The fourth-order valence-corrected chi connectivity index (χ4v) is 3.42. The van der Waals surface area contributed by atoms with Gasteiger partial charge in [0, 0.05) is 6.20 Å². The number of nitrogens with zero attached hydrogens (tertiary/aromatic N) is 1. The molecule has 1 aromatic rings. The first-order chi connectivity index (χ1) is 11.7. The highest BCUT2D eigenvalue weighted by Gasteiger charge is 2.22. The maximum atomic E-state index is 12.5. The molecule has 1 aromatic carbocycles. The van der Waals surface area contributed by atoms with Crippen LogP contribution in [-0.2, 0) is 9.59 Å². The Kier molecular flexibility index (Phi) is 5.95. The zero-order valence-electron chi connectivity index (χ0n) is 14.9. The predicted octanol–water partition coefficient (Wildman–Crippen LogP) is 3.51. The highest BCUT2D eigenvalue weighted by Crippen LogP contribution is 2.36. The van der Waals surface area contributed by atoms with E-state index in [1.54, 1.807) is 17.7 Å². The van der Waals surface area contributed by atoms with Crippen LogP contribution in [0.2, 0.25) is 0 Å². The smallest absolute Gasteiger partial charge is 0.265 e. The van der Waals surface area contributed by atoms with E-state index in [0.717, 1.165) is 16.7 Å². The number of nitrogens with two attached hydrogens (primary N) is 1. The molecule has 0 bridgehead atoms. The van der Waals surface area contributed by atoms with Gasteiger partial charge in [0.2, 0.25) is 5.91 Å². The summed E-state index contributed by atoms with van der Waals surface area (Å²) >= 11 is 1.30. The van der Waals surface area contributed by atoms with E-state index < -0.39 is 5.91 Å². The third-order valence-electron chi connectivity index (χ3n) is 3.97. The number of aromatic hydroxyl groups is 1. The van der Waals surface area contributed by atoms with Gasteiger partial charge in [-0.2, -0.15) is 0 Å². The molecule has 25 heavy (non-hydrogen) atoms. The summed E-state index contributed by atoms with van der Waals surface area (Å²) in [6, 6.07) is 3.81. The topological polar surface area (TPSA) is 83.6 Å². The van der Waals surface area contributed by atoms with Crippen LogP contribution in [-0.4, -0.2) is 28.4 Å². The second kappa shape index (κ2) is 7.78. The number of carbonyl (C=O) groups excluding carboxylic acids is 2. The Hall–Kier alpha value is -2.21.